The minimum absolute atomic E-state index is 0.132. The number of aliphatic carboxylic acids is 1. The molecule has 0 saturated carbocycles. The number of carboxylic acids is 1. The van der Waals surface area contributed by atoms with E-state index in [2.05, 4.69) is 10.2 Å². The van der Waals surface area contributed by atoms with Gasteiger partial charge in [-0.25, -0.2) is 14.0 Å². The molecule has 1 aliphatic rings. The van der Waals surface area contributed by atoms with Crippen LogP contribution in [-0.2, 0) is 4.79 Å². The first-order valence-corrected chi connectivity index (χ1v) is 8.21. The van der Waals surface area contributed by atoms with Crippen molar-refractivity contribution in [2.75, 3.05) is 31.1 Å². The van der Waals surface area contributed by atoms with Gasteiger partial charge in [0, 0.05) is 31.9 Å². The van der Waals surface area contributed by atoms with Crippen LogP contribution in [0.2, 0.25) is 0 Å². The van der Waals surface area contributed by atoms with Crippen LogP contribution in [0.15, 0.2) is 24.3 Å². The molecule has 0 unspecified atom stereocenters. The van der Waals surface area contributed by atoms with Gasteiger partial charge in [-0.15, -0.1) is 0 Å². The van der Waals surface area contributed by atoms with Crippen LogP contribution in [-0.4, -0.2) is 54.2 Å². The Kier molecular flexibility index (Phi) is 6.00. The number of hydrogen-bond donors (Lipinski definition) is 2. The smallest absolute Gasteiger partial charge is 0.326 e. The van der Waals surface area contributed by atoms with E-state index >= 15 is 0 Å². The molecule has 0 radical (unpaired) electrons. The first kappa shape index (κ1) is 18.0. The molecule has 6 nitrogen and oxygen atoms in total. The molecule has 132 valence electrons. The molecule has 24 heavy (non-hydrogen) atoms. The molecule has 1 aliphatic heterocycles. The van der Waals surface area contributed by atoms with Crippen LogP contribution in [0.1, 0.15) is 20.3 Å². The Bertz CT molecular complexity index is 571. The van der Waals surface area contributed by atoms with Gasteiger partial charge < -0.3 is 20.2 Å². The molecule has 7 heteroatoms. The van der Waals surface area contributed by atoms with Crippen molar-refractivity contribution < 1.29 is 19.1 Å². The zero-order valence-electron chi connectivity index (χ0n) is 14.0. The Morgan fingerprint density at radius 2 is 1.79 bits per heavy atom. The first-order valence-electron chi connectivity index (χ1n) is 8.21. The van der Waals surface area contributed by atoms with E-state index in [0.29, 0.717) is 32.6 Å². The molecular formula is C17H24FN3O3. The second kappa shape index (κ2) is 7.99. The van der Waals surface area contributed by atoms with Gasteiger partial charge in [-0.05, 0) is 30.2 Å². The predicted octanol–water partition coefficient (Wildman–Crippen LogP) is 2.16. The van der Waals surface area contributed by atoms with Crippen molar-refractivity contribution in [3.05, 3.63) is 30.1 Å². The third kappa shape index (κ3) is 4.37. The second-order valence-electron chi connectivity index (χ2n) is 6.10. The Balaban J connectivity index is 1.90. The monoisotopic (exact) mass is 337 g/mol. The Hall–Kier alpha value is -2.31. The van der Waals surface area contributed by atoms with Crippen LogP contribution in [0.3, 0.4) is 0 Å². The zero-order chi connectivity index (χ0) is 17.7. The highest BCUT2D eigenvalue weighted by molar-refractivity contribution is 5.83. The summed E-state index contributed by atoms with van der Waals surface area (Å²) in [6.07, 6.45) is 0.676. The summed E-state index contributed by atoms with van der Waals surface area (Å²) in [5.41, 5.74) is 0.916. The van der Waals surface area contributed by atoms with Crippen LogP contribution in [0, 0.1) is 11.7 Å². The normalized spacial score (nSPS) is 17.3. The molecule has 2 N–H and O–H groups in total. The standard InChI is InChI=1S/C17H24FN3O3/c1-3-12(2)15(16(22)23)19-17(24)21-10-8-20(9-11-21)14-6-4-13(18)5-7-14/h4-7,12,15H,3,8-11H2,1-2H3,(H,19,24)(H,22,23)/t12-,15+/m1/s1. The van der Waals surface area contributed by atoms with Gasteiger partial charge in [0.05, 0.1) is 0 Å². The molecule has 1 aromatic carbocycles. The molecule has 1 aromatic rings. The number of piperazine rings is 1. The quantitative estimate of drug-likeness (QED) is 0.864. The molecule has 2 amide bonds. The number of rotatable bonds is 5. The number of halogens is 1. The number of carbonyl (C=O) groups excluding carboxylic acids is 1. The average molecular weight is 337 g/mol. The second-order valence-corrected chi connectivity index (χ2v) is 6.10. The molecule has 2 atom stereocenters. The van der Waals surface area contributed by atoms with Gasteiger partial charge in [-0.3, -0.25) is 0 Å². The number of nitrogens with zero attached hydrogens (tertiary/aromatic N) is 2. The van der Waals surface area contributed by atoms with E-state index in [0.717, 1.165) is 5.69 Å². The van der Waals surface area contributed by atoms with Crippen LogP contribution < -0.4 is 10.2 Å². The van der Waals surface area contributed by atoms with Crippen LogP contribution in [0.25, 0.3) is 0 Å². The van der Waals surface area contributed by atoms with Crippen molar-refractivity contribution in [2.24, 2.45) is 5.92 Å². The summed E-state index contributed by atoms with van der Waals surface area (Å²) in [6.45, 7) is 5.95. The Labute approximate surface area is 141 Å². The van der Waals surface area contributed by atoms with E-state index in [1.165, 1.54) is 12.1 Å². The highest BCUT2D eigenvalue weighted by Gasteiger charge is 2.28. The Morgan fingerprint density at radius 3 is 2.29 bits per heavy atom. The van der Waals surface area contributed by atoms with E-state index in [1.54, 1.807) is 17.0 Å². The number of amides is 2. The molecule has 0 aromatic heterocycles. The lowest BCUT2D eigenvalue weighted by Crippen LogP contribution is -2.55. The number of hydrogen-bond acceptors (Lipinski definition) is 3. The number of urea groups is 1. The van der Waals surface area contributed by atoms with Crippen LogP contribution in [0.5, 0.6) is 0 Å². The maximum Gasteiger partial charge on any atom is 0.326 e. The lowest BCUT2D eigenvalue weighted by Gasteiger charge is -2.36. The topological polar surface area (TPSA) is 72.9 Å². The maximum atomic E-state index is 13.0. The summed E-state index contributed by atoms with van der Waals surface area (Å²) in [4.78, 5) is 27.3. The minimum atomic E-state index is -1.01. The van der Waals surface area contributed by atoms with E-state index in [-0.39, 0.29) is 17.8 Å². The molecule has 2 rings (SSSR count). The summed E-state index contributed by atoms with van der Waals surface area (Å²) >= 11 is 0. The third-order valence-electron chi connectivity index (χ3n) is 4.52. The molecule has 0 aliphatic carbocycles. The van der Waals surface area contributed by atoms with E-state index in [9.17, 15) is 19.1 Å². The minimum Gasteiger partial charge on any atom is -0.480 e. The lowest BCUT2D eigenvalue weighted by atomic mass is 9.99. The highest BCUT2D eigenvalue weighted by Crippen LogP contribution is 2.17. The van der Waals surface area contributed by atoms with Crippen LogP contribution in [0.4, 0.5) is 14.9 Å². The third-order valence-corrected chi connectivity index (χ3v) is 4.52. The fourth-order valence-electron chi connectivity index (χ4n) is 2.73. The Morgan fingerprint density at radius 1 is 1.21 bits per heavy atom. The van der Waals surface area contributed by atoms with Crippen molar-refractivity contribution in [1.29, 1.82) is 0 Å². The lowest BCUT2D eigenvalue weighted by molar-refractivity contribution is -0.140. The molecule has 0 spiro atoms. The molecule has 1 fully saturated rings. The molecular weight excluding hydrogens is 313 g/mol. The number of anilines is 1. The van der Waals surface area contributed by atoms with Crippen LogP contribution >= 0.6 is 0 Å². The van der Waals surface area contributed by atoms with Crippen molar-refractivity contribution in [2.45, 2.75) is 26.3 Å². The fourth-order valence-corrected chi connectivity index (χ4v) is 2.73. The van der Waals surface area contributed by atoms with E-state index in [1.807, 2.05) is 13.8 Å². The zero-order valence-corrected chi connectivity index (χ0v) is 14.0. The van der Waals surface area contributed by atoms with Gasteiger partial charge in [-0.1, -0.05) is 20.3 Å². The van der Waals surface area contributed by atoms with Gasteiger partial charge in [0.2, 0.25) is 0 Å². The average Bonchev–Trinajstić information content (AvgIpc) is 2.59. The van der Waals surface area contributed by atoms with Gasteiger partial charge in [0.1, 0.15) is 11.9 Å². The van der Waals surface area contributed by atoms with E-state index < -0.39 is 12.0 Å². The predicted molar refractivity (Wildman–Crippen MR) is 89.6 cm³/mol. The fraction of sp³-hybridized carbons (Fsp3) is 0.529. The summed E-state index contributed by atoms with van der Waals surface area (Å²) in [6, 6.07) is 5.04. The maximum absolute atomic E-state index is 13.0. The van der Waals surface area contributed by atoms with Crippen molar-refractivity contribution in [3.8, 4) is 0 Å². The van der Waals surface area contributed by atoms with E-state index in [4.69, 9.17) is 0 Å². The first-order chi connectivity index (χ1) is 11.4. The number of nitrogens with one attached hydrogen (secondary N) is 1. The number of carbonyl (C=O) groups is 2. The van der Waals surface area contributed by atoms with Crippen molar-refractivity contribution in [1.82, 2.24) is 10.2 Å². The highest BCUT2D eigenvalue weighted by atomic mass is 19.1. The number of carboxylic acid groups (broad SMARTS) is 1. The summed E-state index contributed by atoms with van der Waals surface area (Å²) in [7, 11) is 0. The van der Waals surface area contributed by atoms with Crippen molar-refractivity contribution >= 4 is 17.7 Å². The summed E-state index contributed by atoms with van der Waals surface area (Å²) in [5, 5.41) is 11.9. The molecule has 0 bridgehead atoms. The number of benzene rings is 1. The van der Waals surface area contributed by atoms with Gasteiger partial charge in [0.25, 0.3) is 0 Å². The molecule has 1 heterocycles. The summed E-state index contributed by atoms with van der Waals surface area (Å²) < 4.78 is 13.0. The van der Waals surface area contributed by atoms with Crippen molar-refractivity contribution in [3.63, 3.8) is 0 Å². The van der Waals surface area contributed by atoms with Gasteiger partial charge in [-0.2, -0.15) is 0 Å². The van der Waals surface area contributed by atoms with Gasteiger partial charge in [0.15, 0.2) is 0 Å². The molecule has 1 saturated heterocycles. The SMILES string of the molecule is CC[C@@H](C)[C@H](NC(=O)N1CCN(c2ccc(F)cc2)CC1)C(=O)O. The summed E-state index contributed by atoms with van der Waals surface area (Å²) in [5.74, 6) is -1.42. The largest absolute Gasteiger partial charge is 0.480 e. The van der Waals surface area contributed by atoms with Gasteiger partial charge >= 0.3 is 12.0 Å².